The standard InChI is InChI=1S/C9H11N3O/c1-3-7(8(10)13)9-11-5-4-6(2)12-9/h3-5,12H,1H2,2H3,(H2,10,13)/b9-7+. The average Bonchev–Trinajstić information content (AvgIpc) is 2.04. The van der Waals surface area contributed by atoms with Crippen LogP contribution in [0.2, 0.25) is 0 Å². The van der Waals surface area contributed by atoms with Gasteiger partial charge in [-0.3, -0.25) is 4.79 Å². The first kappa shape index (κ1) is 9.25. The molecule has 0 saturated carbocycles. The van der Waals surface area contributed by atoms with Crippen molar-refractivity contribution in [3.63, 3.8) is 0 Å². The van der Waals surface area contributed by atoms with E-state index in [0.29, 0.717) is 11.4 Å². The van der Waals surface area contributed by atoms with Crippen LogP contribution in [-0.2, 0) is 4.79 Å². The number of rotatable bonds is 2. The Balaban J connectivity index is 3.05. The fraction of sp³-hybridized carbons (Fsp3) is 0.111. The van der Waals surface area contributed by atoms with E-state index in [-0.39, 0.29) is 0 Å². The first-order valence-electron chi connectivity index (χ1n) is 3.79. The first-order chi connectivity index (χ1) is 6.15. The summed E-state index contributed by atoms with van der Waals surface area (Å²) in [5.41, 5.74) is 6.33. The molecule has 0 aliphatic carbocycles. The smallest absolute Gasteiger partial charge is 0.252 e. The molecule has 0 aromatic heterocycles. The van der Waals surface area contributed by atoms with E-state index in [4.69, 9.17) is 5.73 Å². The number of aliphatic imine (C=N–C) groups is 1. The van der Waals surface area contributed by atoms with Gasteiger partial charge in [-0.05, 0) is 13.0 Å². The molecule has 0 radical (unpaired) electrons. The lowest BCUT2D eigenvalue weighted by Gasteiger charge is -2.12. The van der Waals surface area contributed by atoms with E-state index < -0.39 is 5.91 Å². The van der Waals surface area contributed by atoms with Crippen molar-refractivity contribution in [3.05, 3.63) is 35.8 Å². The maximum atomic E-state index is 10.9. The molecule has 1 aliphatic rings. The van der Waals surface area contributed by atoms with E-state index >= 15 is 0 Å². The molecular weight excluding hydrogens is 166 g/mol. The molecule has 1 amide bonds. The van der Waals surface area contributed by atoms with E-state index in [0.717, 1.165) is 5.70 Å². The van der Waals surface area contributed by atoms with E-state index in [9.17, 15) is 4.79 Å². The molecule has 4 heteroatoms. The highest BCUT2D eigenvalue weighted by atomic mass is 16.1. The third-order valence-corrected chi connectivity index (χ3v) is 1.57. The Morgan fingerprint density at radius 2 is 2.46 bits per heavy atom. The Kier molecular flexibility index (Phi) is 2.64. The molecule has 1 aliphatic heterocycles. The number of amides is 1. The van der Waals surface area contributed by atoms with Crippen LogP contribution in [0.5, 0.6) is 0 Å². The SMILES string of the molecule is C=C/C(C(N)=O)=C1/N=CC=C(C)N1. The third-order valence-electron chi connectivity index (χ3n) is 1.57. The number of nitrogens with two attached hydrogens (primary N) is 1. The molecule has 68 valence electrons. The number of allylic oxidation sites excluding steroid dienone is 2. The Bertz CT molecular complexity index is 337. The molecule has 0 bridgehead atoms. The fourth-order valence-electron chi connectivity index (χ4n) is 0.935. The summed E-state index contributed by atoms with van der Waals surface area (Å²) in [5.74, 6) is -0.0909. The lowest BCUT2D eigenvalue weighted by atomic mass is 10.2. The minimum absolute atomic E-state index is 0.295. The molecule has 0 unspecified atom stereocenters. The summed E-state index contributed by atoms with van der Waals surface area (Å²) in [4.78, 5) is 14.9. The minimum atomic E-state index is -0.538. The van der Waals surface area contributed by atoms with Crippen molar-refractivity contribution in [2.45, 2.75) is 6.92 Å². The van der Waals surface area contributed by atoms with E-state index in [1.54, 1.807) is 12.3 Å². The maximum absolute atomic E-state index is 10.9. The van der Waals surface area contributed by atoms with Crippen molar-refractivity contribution < 1.29 is 4.79 Å². The van der Waals surface area contributed by atoms with Gasteiger partial charge in [0.25, 0.3) is 5.91 Å². The second kappa shape index (κ2) is 3.71. The quantitative estimate of drug-likeness (QED) is 0.601. The largest absolute Gasteiger partial charge is 0.365 e. The molecule has 0 aromatic rings. The average molecular weight is 177 g/mol. The Morgan fingerprint density at radius 3 is 2.92 bits per heavy atom. The summed E-state index contributed by atoms with van der Waals surface area (Å²) in [5, 5.41) is 2.92. The van der Waals surface area contributed by atoms with Crippen molar-refractivity contribution in [2.24, 2.45) is 10.7 Å². The molecule has 13 heavy (non-hydrogen) atoms. The van der Waals surface area contributed by atoms with Gasteiger partial charge in [-0.1, -0.05) is 12.7 Å². The number of carbonyl (C=O) groups is 1. The van der Waals surface area contributed by atoms with Crippen LogP contribution in [0.4, 0.5) is 0 Å². The number of hydrogen-bond acceptors (Lipinski definition) is 3. The predicted molar refractivity (Wildman–Crippen MR) is 51.8 cm³/mol. The van der Waals surface area contributed by atoms with Gasteiger partial charge in [0.05, 0.1) is 5.57 Å². The highest BCUT2D eigenvalue weighted by Crippen LogP contribution is 2.08. The Hall–Kier alpha value is -1.84. The minimum Gasteiger partial charge on any atom is -0.365 e. The summed E-state index contributed by atoms with van der Waals surface area (Å²) < 4.78 is 0. The van der Waals surface area contributed by atoms with Gasteiger partial charge < -0.3 is 11.1 Å². The highest BCUT2D eigenvalue weighted by Gasteiger charge is 2.09. The topological polar surface area (TPSA) is 67.5 Å². The van der Waals surface area contributed by atoms with Gasteiger partial charge in [0.1, 0.15) is 5.82 Å². The second-order valence-electron chi connectivity index (χ2n) is 2.58. The predicted octanol–water partition coefficient (Wildman–Crippen LogP) is 0.447. The molecule has 0 aromatic carbocycles. The monoisotopic (exact) mass is 177 g/mol. The van der Waals surface area contributed by atoms with Crippen molar-refractivity contribution >= 4 is 12.1 Å². The van der Waals surface area contributed by atoms with Gasteiger partial charge >= 0.3 is 0 Å². The third kappa shape index (κ3) is 2.05. The zero-order valence-corrected chi connectivity index (χ0v) is 7.37. The van der Waals surface area contributed by atoms with Crippen LogP contribution in [0, 0.1) is 0 Å². The number of primary amides is 1. The zero-order valence-electron chi connectivity index (χ0n) is 7.37. The van der Waals surface area contributed by atoms with Crippen LogP contribution in [0.3, 0.4) is 0 Å². The molecule has 1 heterocycles. The normalized spacial score (nSPS) is 18.7. The summed E-state index contributed by atoms with van der Waals surface area (Å²) in [6.45, 7) is 5.36. The van der Waals surface area contributed by atoms with Crippen LogP contribution in [0.15, 0.2) is 40.8 Å². The van der Waals surface area contributed by atoms with Gasteiger partial charge in [-0.25, -0.2) is 4.99 Å². The van der Waals surface area contributed by atoms with Crippen LogP contribution >= 0.6 is 0 Å². The summed E-state index contributed by atoms with van der Waals surface area (Å²) in [7, 11) is 0. The van der Waals surface area contributed by atoms with Gasteiger partial charge in [-0.15, -0.1) is 0 Å². The van der Waals surface area contributed by atoms with E-state index in [1.165, 1.54) is 6.08 Å². The van der Waals surface area contributed by atoms with Crippen molar-refractivity contribution in [3.8, 4) is 0 Å². The molecular formula is C9H11N3O. The molecule has 1 rings (SSSR count). The summed E-state index contributed by atoms with van der Waals surface area (Å²) >= 11 is 0. The van der Waals surface area contributed by atoms with Crippen LogP contribution < -0.4 is 11.1 Å². The lowest BCUT2D eigenvalue weighted by Crippen LogP contribution is -2.21. The van der Waals surface area contributed by atoms with Gasteiger partial charge in [0.2, 0.25) is 0 Å². The summed E-state index contributed by atoms with van der Waals surface area (Å²) in [6, 6.07) is 0. The second-order valence-corrected chi connectivity index (χ2v) is 2.58. The number of nitrogens with zero attached hydrogens (tertiary/aromatic N) is 1. The van der Waals surface area contributed by atoms with Crippen molar-refractivity contribution in [1.82, 2.24) is 5.32 Å². The van der Waals surface area contributed by atoms with Crippen LogP contribution in [0.1, 0.15) is 6.92 Å². The Labute approximate surface area is 76.5 Å². The lowest BCUT2D eigenvalue weighted by molar-refractivity contribution is -0.114. The van der Waals surface area contributed by atoms with Crippen LogP contribution in [-0.4, -0.2) is 12.1 Å². The number of hydrogen-bond donors (Lipinski definition) is 2. The fourth-order valence-corrected chi connectivity index (χ4v) is 0.935. The van der Waals surface area contributed by atoms with Gasteiger partial charge in [0, 0.05) is 11.9 Å². The summed E-state index contributed by atoms with van der Waals surface area (Å²) in [6.07, 6.45) is 4.79. The Morgan fingerprint density at radius 1 is 1.77 bits per heavy atom. The zero-order chi connectivity index (χ0) is 9.84. The van der Waals surface area contributed by atoms with Crippen molar-refractivity contribution in [2.75, 3.05) is 0 Å². The van der Waals surface area contributed by atoms with Crippen LogP contribution in [0.25, 0.3) is 0 Å². The van der Waals surface area contributed by atoms with Gasteiger partial charge in [-0.2, -0.15) is 0 Å². The molecule has 0 fully saturated rings. The molecule has 0 spiro atoms. The molecule has 3 N–H and O–H groups in total. The number of nitrogens with one attached hydrogen (secondary N) is 1. The molecule has 4 nitrogen and oxygen atoms in total. The van der Waals surface area contributed by atoms with Crippen molar-refractivity contribution in [1.29, 1.82) is 0 Å². The first-order valence-corrected chi connectivity index (χ1v) is 3.79. The number of carbonyl (C=O) groups excluding carboxylic acids is 1. The maximum Gasteiger partial charge on any atom is 0.252 e. The highest BCUT2D eigenvalue weighted by molar-refractivity contribution is 5.96. The molecule has 0 saturated heterocycles. The van der Waals surface area contributed by atoms with E-state index in [1.807, 2.05) is 6.92 Å². The van der Waals surface area contributed by atoms with Gasteiger partial charge in [0.15, 0.2) is 0 Å². The van der Waals surface area contributed by atoms with E-state index in [2.05, 4.69) is 16.9 Å². The molecule has 0 atom stereocenters.